The monoisotopic (exact) mass is 434 g/mol. The van der Waals surface area contributed by atoms with Gasteiger partial charge in [-0.25, -0.2) is 0 Å². The van der Waals surface area contributed by atoms with Crippen molar-refractivity contribution in [3.63, 3.8) is 0 Å². The maximum atomic E-state index is 11.2. The first-order chi connectivity index (χ1) is 15.3. The molecule has 2 atom stereocenters. The lowest BCUT2D eigenvalue weighted by Gasteiger charge is -2.46. The minimum Gasteiger partial charge on any atom is -0.487 e. The highest BCUT2D eigenvalue weighted by Gasteiger charge is 2.43. The van der Waals surface area contributed by atoms with Crippen molar-refractivity contribution in [3.8, 4) is 5.75 Å². The molecule has 32 heavy (non-hydrogen) atoms. The highest BCUT2D eigenvalue weighted by atomic mass is 16.5. The molecule has 1 fully saturated rings. The van der Waals surface area contributed by atoms with Gasteiger partial charge < -0.3 is 24.4 Å². The van der Waals surface area contributed by atoms with E-state index in [1.807, 2.05) is 12.1 Å². The van der Waals surface area contributed by atoms with Crippen molar-refractivity contribution in [1.82, 2.24) is 9.47 Å². The second-order valence-electron chi connectivity index (χ2n) is 9.87. The fourth-order valence-corrected chi connectivity index (χ4v) is 5.65. The van der Waals surface area contributed by atoms with Crippen molar-refractivity contribution >= 4 is 10.9 Å². The summed E-state index contributed by atoms with van der Waals surface area (Å²) in [5.41, 5.74) is 6.30. The Kier molecular flexibility index (Phi) is 5.31. The van der Waals surface area contributed by atoms with Gasteiger partial charge in [-0.3, -0.25) is 0 Å². The topological polar surface area (TPSA) is 57.9 Å². The van der Waals surface area contributed by atoms with Gasteiger partial charge in [-0.2, -0.15) is 0 Å². The SMILES string of the molecule is Cc1cc2c(cc1C)[C@H](O)CC1(CCN(C[C@H](O)c3c(C)n(C)c4ccccc34)CC1)O2. The number of rotatable bonds is 3. The van der Waals surface area contributed by atoms with Crippen LogP contribution in [0.25, 0.3) is 10.9 Å². The Labute approximate surface area is 190 Å². The number of hydrogen-bond donors (Lipinski definition) is 2. The quantitative estimate of drug-likeness (QED) is 0.638. The fourth-order valence-electron chi connectivity index (χ4n) is 5.65. The van der Waals surface area contributed by atoms with E-state index < -0.39 is 12.2 Å². The summed E-state index contributed by atoms with van der Waals surface area (Å²) in [6.45, 7) is 8.58. The van der Waals surface area contributed by atoms with Crippen molar-refractivity contribution in [3.05, 3.63) is 64.3 Å². The van der Waals surface area contributed by atoms with Crippen molar-refractivity contribution in [2.24, 2.45) is 7.05 Å². The van der Waals surface area contributed by atoms with Crippen LogP contribution >= 0.6 is 0 Å². The summed E-state index contributed by atoms with van der Waals surface area (Å²) in [5, 5.41) is 23.2. The van der Waals surface area contributed by atoms with Crippen LogP contribution < -0.4 is 4.74 Å². The molecule has 1 aromatic heterocycles. The zero-order chi connectivity index (χ0) is 22.6. The van der Waals surface area contributed by atoms with Crippen LogP contribution in [0.4, 0.5) is 0 Å². The van der Waals surface area contributed by atoms with Crippen LogP contribution in [-0.2, 0) is 7.05 Å². The van der Waals surface area contributed by atoms with E-state index in [0.29, 0.717) is 13.0 Å². The molecule has 5 heteroatoms. The van der Waals surface area contributed by atoms with Crippen molar-refractivity contribution < 1.29 is 14.9 Å². The third-order valence-electron chi connectivity index (χ3n) is 7.86. The number of likely N-dealkylation sites (tertiary alicyclic amines) is 1. The number of fused-ring (bicyclic) bond motifs is 2. The van der Waals surface area contributed by atoms with Crippen LogP contribution in [0.5, 0.6) is 5.75 Å². The van der Waals surface area contributed by atoms with Gasteiger partial charge in [0.25, 0.3) is 0 Å². The van der Waals surface area contributed by atoms with E-state index in [9.17, 15) is 10.2 Å². The Bertz CT molecular complexity index is 1160. The van der Waals surface area contributed by atoms with Crippen LogP contribution in [0.1, 0.15) is 59.4 Å². The summed E-state index contributed by atoms with van der Waals surface area (Å²) in [4.78, 5) is 2.34. The van der Waals surface area contributed by atoms with Gasteiger partial charge in [-0.05, 0) is 62.9 Å². The zero-order valence-electron chi connectivity index (χ0n) is 19.6. The molecule has 0 saturated carbocycles. The van der Waals surface area contributed by atoms with Crippen LogP contribution in [0.3, 0.4) is 0 Å². The predicted octanol–water partition coefficient (Wildman–Crippen LogP) is 4.49. The molecule has 5 rings (SSSR count). The molecule has 5 nitrogen and oxygen atoms in total. The number of aryl methyl sites for hydroxylation is 3. The third kappa shape index (κ3) is 3.53. The summed E-state index contributed by atoms with van der Waals surface area (Å²) in [7, 11) is 2.06. The predicted molar refractivity (Wildman–Crippen MR) is 127 cm³/mol. The number of para-hydroxylation sites is 1. The largest absolute Gasteiger partial charge is 0.487 e. The second kappa shape index (κ2) is 7.91. The Hall–Kier alpha value is -2.34. The zero-order valence-corrected chi connectivity index (χ0v) is 19.6. The number of nitrogens with zero attached hydrogens (tertiary/aromatic N) is 2. The molecule has 2 N–H and O–H groups in total. The molecule has 3 aromatic rings. The standard InChI is InChI=1S/C27H34N2O3/c1-17-13-21-23(30)15-27(32-25(21)14-18(17)2)9-11-29(12-10-27)16-24(31)26-19(3)28(4)22-8-6-5-7-20(22)26/h5-8,13-14,23-24,30-31H,9-12,15-16H2,1-4H3/t23-,24+/m1/s1. The third-order valence-corrected chi connectivity index (χ3v) is 7.86. The maximum absolute atomic E-state index is 11.2. The van der Waals surface area contributed by atoms with Gasteiger partial charge in [0, 0.05) is 60.8 Å². The highest BCUT2D eigenvalue weighted by molar-refractivity contribution is 5.85. The van der Waals surface area contributed by atoms with Gasteiger partial charge in [-0.15, -0.1) is 0 Å². The Balaban J connectivity index is 1.30. The average molecular weight is 435 g/mol. The van der Waals surface area contributed by atoms with Gasteiger partial charge in [0.2, 0.25) is 0 Å². The Morgan fingerprint density at radius 3 is 2.53 bits per heavy atom. The molecule has 1 spiro atoms. The molecule has 2 aromatic carbocycles. The minimum atomic E-state index is -0.528. The van der Waals surface area contributed by atoms with Gasteiger partial charge >= 0.3 is 0 Å². The lowest BCUT2D eigenvalue weighted by molar-refractivity contribution is -0.0588. The highest BCUT2D eigenvalue weighted by Crippen LogP contribution is 2.45. The van der Waals surface area contributed by atoms with Gasteiger partial charge in [0.1, 0.15) is 11.4 Å². The smallest absolute Gasteiger partial charge is 0.126 e. The number of β-amino-alcohol motifs (C(OH)–C–C–N with tert-alkyl or cyclic N) is 1. The minimum absolute atomic E-state index is 0.315. The molecule has 0 aliphatic carbocycles. The average Bonchev–Trinajstić information content (AvgIpc) is 3.02. The van der Waals surface area contributed by atoms with Crippen LogP contribution in [0, 0.1) is 20.8 Å². The first-order valence-corrected chi connectivity index (χ1v) is 11.7. The molecule has 0 radical (unpaired) electrons. The van der Waals surface area contributed by atoms with Crippen molar-refractivity contribution in [2.75, 3.05) is 19.6 Å². The number of piperidine rings is 1. The number of aliphatic hydroxyl groups is 2. The van der Waals surface area contributed by atoms with Crippen molar-refractivity contribution in [1.29, 1.82) is 0 Å². The Morgan fingerprint density at radius 2 is 1.78 bits per heavy atom. The van der Waals surface area contributed by atoms with E-state index in [1.165, 1.54) is 11.1 Å². The first-order valence-electron chi connectivity index (χ1n) is 11.7. The summed E-state index contributed by atoms with van der Waals surface area (Å²) in [6, 6.07) is 12.4. The molecule has 0 unspecified atom stereocenters. The molecule has 3 heterocycles. The van der Waals surface area contributed by atoms with E-state index in [2.05, 4.69) is 61.6 Å². The van der Waals surface area contributed by atoms with Crippen molar-refractivity contribution in [2.45, 2.75) is 57.8 Å². The molecular weight excluding hydrogens is 400 g/mol. The molecule has 2 aliphatic heterocycles. The first kappa shape index (κ1) is 21.5. The molecule has 0 bridgehead atoms. The lowest BCUT2D eigenvalue weighted by atomic mass is 9.81. The number of benzene rings is 2. The normalized spacial score (nSPS) is 21.5. The van der Waals surface area contributed by atoms with E-state index in [1.54, 1.807) is 0 Å². The second-order valence-corrected chi connectivity index (χ2v) is 9.87. The number of aliphatic hydroxyl groups excluding tert-OH is 2. The van der Waals surface area contributed by atoms with E-state index in [4.69, 9.17) is 4.74 Å². The fraction of sp³-hybridized carbons (Fsp3) is 0.481. The number of ether oxygens (including phenoxy) is 1. The van der Waals surface area contributed by atoms with Crippen LogP contribution in [-0.4, -0.2) is 44.9 Å². The summed E-state index contributed by atoms with van der Waals surface area (Å²) in [6.07, 6.45) is 1.35. The number of aromatic nitrogens is 1. The Morgan fingerprint density at radius 1 is 1.09 bits per heavy atom. The summed E-state index contributed by atoms with van der Waals surface area (Å²) in [5.74, 6) is 0.840. The number of hydrogen-bond acceptors (Lipinski definition) is 4. The molecule has 1 saturated heterocycles. The van der Waals surface area contributed by atoms with Crippen LogP contribution in [0.15, 0.2) is 36.4 Å². The summed E-state index contributed by atoms with van der Waals surface area (Å²) < 4.78 is 8.70. The van der Waals surface area contributed by atoms with Gasteiger partial charge in [0.05, 0.1) is 12.2 Å². The summed E-state index contributed by atoms with van der Waals surface area (Å²) >= 11 is 0. The molecule has 0 amide bonds. The maximum Gasteiger partial charge on any atom is 0.126 e. The van der Waals surface area contributed by atoms with E-state index in [0.717, 1.165) is 59.4 Å². The van der Waals surface area contributed by atoms with Gasteiger partial charge in [-0.1, -0.05) is 18.2 Å². The molecular formula is C27H34N2O3. The van der Waals surface area contributed by atoms with Crippen LogP contribution in [0.2, 0.25) is 0 Å². The van der Waals surface area contributed by atoms with Gasteiger partial charge in [0.15, 0.2) is 0 Å². The van der Waals surface area contributed by atoms with E-state index >= 15 is 0 Å². The lowest BCUT2D eigenvalue weighted by Crippen LogP contribution is -2.51. The molecule has 2 aliphatic rings. The molecule has 170 valence electrons. The van der Waals surface area contributed by atoms with E-state index in [-0.39, 0.29) is 5.60 Å².